The Bertz CT molecular complexity index is 371. The molecule has 0 unspecified atom stereocenters. The number of ketones is 1. The number of rotatable bonds is 1. The van der Waals surface area contributed by atoms with Gasteiger partial charge in [0.2, 0.25) is 5.91 Å². The van der Waals surface area contributed by atoms with Gasteiger partial charge >= 0.3 is 0 Å². The van der Waals surface area contributed by atoms with Crippen molar-refractivity contribution in [2.45, 2.75) is 6.42 Å². The molecule has 1 amide bonds. The average molecular weight is 181 g/mol. The first-order chi connectivity index (χ1) is 6.16. The summed E-state index contributed by atoms with van der Waals surface area (Å²) >= 11 is 0. The maximum Gasteiger partial charge on any atom is 0.273 e. The van der Waals surface area contributed by atoms with Crippen LogP contribution >= 0.6 is 0 Å². The minimum atomic E-state index is -0.266. The molecule has 0 bridgehead atoms. The van der Waals surface area contributed by atoms with E-state index in [4.69, 9.17) is 0 Å². The van der Waals surface area contributed by atoms with E-state index in [2.05, 4.69) is 15.4 Å². The number of carbonyl (C=O) groups excluding carboxylic acids is 2. The van der Waals surface area contributed by atoms with Crippen molar-refractivity contribution < 1.29 is 9.59 Å². The van der Waals surface area contributed by atoms with Crippen LogP contribution in [0.15, 0.2) is 0 Å². The second-order valence-corrected chi connectivity index (χ2v) is 2.77. The lowest BCUT2D eigenvalue weighted by Gasteiger charge is -2.06. The van der Waals surface area contributed by atoms with Crippen molar-refractivity contribution in [3.8, 4) is 0 Å². The summed E-state index contributed by atoms with van der Waals surface area (Å²) < 4.78 is 0. The van der Waals surface area contributed by atoms with E-state index in [0.29, 0.717) is 0 Å². The highest BCUT2D eigenvalue weighted by atomic mass is 16.2. The van der Waals surface area contributed by atoms with Crippen molar-refractivity contribution in [3.63, 3.8) is 0 Å². The summed E-state index contributed by atoms with van der Waals surface area (Å²) in [4.78, 5) is 24.6. The summed E-state index contributed by atoms with van der Waals surface area (Å²) in [5, 5.41) is 11.0. The molecule has 2 heterocycles. The van der Waals surface area contributed by atoms with Gasteiger partial charge in [0, 0.05) is 0 Å². The minimum absolute atomic E-state index is 0.0573. The zero-order valence-corrected chi connectivity index (χ0v) is 6.97. The highest BCUT2D eigenvalue weighted by molar-refractivity contribution is 6.14. The predicted octanol–water partition coefficient (Wildman–Crippen LogP) is -1.48. The quantitative estimate of drug-likeness (QED) is 0.493. The van der Waals surface area contributed by atoms with Crippen LogP contribution in [0.2, 0.25) is 0 Å². The van der Waals surface area contributed by atoms with Gasteiger partial charge in [-0.2, -0.15) is 4.80 Å². The fraction of sp³-hybridized carbons (Fsp3) is 0.500. The Labute approximate surface area is 73.3 Å². The van der Waals surface area contributed by atoms with Crippen LogP contribution in [0.25, 0.3) is 0 Å². The smallest absolute Gasteiger partial charge is 0.273 e. The molecule has 0 aliphatic carbocycles. The highest BCUT2D eigenvalue weighted by Gasteiger charge is 2.31. The molecule has 1 aliphatic rings. The summed E-state index contributed by atoms with van der Waals surface area (Å²) in [6.07, 6.45) is -0.0573. The van der Waals surface area contributed by atoms with E-state index in [-0.39, 0.29) is 30.6 Å². The van der Waals surface area contributed by atoms with E-state index in [9.17, 15) is 9.59 Å². The monoisotopic (exact) mass is 181 g/mol. The SMILES string of the molecule is Cn1nnc(N2CC(=O)CC2=O)n1. The zero-order valence-electron chi connectivity index (χ0n) is 6.97. The number of aromatic nitrogens is 4. The zero-order chi connectivity index (χ0) is 9.42. The van der Waals surface area contributed by atoms with Crippen LogP contribution in [0.4, 0.5) is 5.95 Å². The lowest BCUT2D eigenvalue weighted by Crippen LogP contribution is -2.25. The van der Waals surface area contributed by atoms with Crippen molar-refractivity contribution in [2.75, 3.05) is 11.4 Å². The molecule has 0 saturated carbocycles. The van der Waals surface area contributed by atoms with Gasteiger partial charge < -0.3 is 0 Å². The van der Waals surface area contributed by atoms with E-state index < -0.39 is 0 Å². The van der Waals surface area contributed by atoms with E-state index in [1.54, 1.807) is 7.05 Å². The van der Waals surface area contributed by atoms with Crippen LogP contribution in [0.3, 0.4) is 0 Å². The molecule has 1 fully saturated rings. The fourth-order valence-corrected chi connectivity index (χ4v) is 1.15. The Kier molecular flexibility index (Phi) is 1.57. The number of hydrogen-bond acceptors (Lipinski definition) is 5. The molecular formula is C6H7N5O2. The van der Waals surface area contributed by atoms with Gasteiger partial charge in [-0.05, 0) is 5.21 Å². The standard InChI is InChI=1S/C6H7N5O2/c1-10-8-6(7-9-10)11-3-4(12)2-5(11)13/h2-3H2,1H3. The Morgan fingerprint density at radius 2 is 2.15 bits per heavy atom. The number of aryl methyl sites for hydroxylation is 1. The number of anilines is 1. The third-order valence-corrected chi connectivity index (χ3v) is 1.72. The van der Waals surface area contributed by atoms with E-state index in [1.165, 1.54) is 9.70 Å². The number of nitrogens with zero attached hydrogens (tertiary/aromatic N) is 5. The molecule has 0 atom stereocenters. The van der Waals surface area contributed by atoms with Crippen molar-refractivity contribution in [1.82, 2.24) is 20.2 Å². The molecule has 13 heavy (non-hydrogen) atoms. The number of tetrazole rings is 1. The van der Waals surface area contributed by atoms with Crippen molar-refractivity contribution >= 4 is 17.6 Å². The molecule has 7 heteroatoms. The minimum Gasteiger partial charge on any atom is -0.297 e. The third-order valence-electron chi connectivity index (χ3n) is 1.72. The Balaban J connectivity index is 2.27. The number of amides is 1. The van der Waals surface area contributed by atoms with Gasteiger partial charge in [0.25, 0.3) is 5.95 Å². The second kappa shape index (κ2) is 2.61. The summed E-state index contributed by atoms with van der Waals surface area (Å²) in [5.41, 5.74) is 0. The number of carbonyl (C=O) groups is 2. The van der Waals surface area contributed by atoms with E-state index in [1.807, 2.05) is 0 Å². The molecule has 68 valence electrons. The van der Waals surface area contributed by atoms with Crippen LogP contribution in [-0.2, 0) is 16.6 Å². The lowest BCUT2D eigenvalue weighted by atomic mass is 10.3. The number of Topliss-reactive ketones (excluding diaryl/α,β-unsaturated/α-hetero) is 1. The molecule has 1 saturated heterocycles. The Morgan fingerprint density at radius 1 is 1.38 bits per heavy atom. The summed E-state index contributed by atoms with van der Waals surface area (Å²) in [5.74, 6) is -0.186. The van der Waals surface area contributed by atoms with Crippen LogP contribution in [0.5, 0.6) is 0 Å². The summed E-state index contributed by atoms with van der Waals surface area (Å²) in [7, 11) is 1.60. The highest BCUT2D eigenvalue weighted by Crippen LogP contribution is 2.12. The molecule has 1 aromatic heterocycles. The first kappa shape index (κ1) is 7.84. The normalized spacial score (nSPS) is 17.2. The molecular weight excluding hydrogens is 174 g/mol. The summed E-state index contributed by atoms with van der Waals surface area (Å²) in [6, 6.07) is 0. The lowest BCUT2D eigenvalue weighted by molar-refractivity contribution is -0.121. The molecule has 2 rings (SSSR count). The molecule has 0 aromatic carbocycles. The van der Waals surface area contributed by atoms with Gasteiger partial charge in [-0.1, -0.05) is 5.10 Å². The average Bonchev–Trinajstić information content (AvgIpc) is 2.58. The molecule has 0 radical (unpaired) electrons. The van der Waals surface area contributed by atoms with Gasteiger partial charge in [0.05, 0.1) is 20.0 Å². The molecule has 7 nitrogen and oxygen atoms in total. The maximum absolute atomic E-state index is 11.2. The molecule has 0 N–H and O–H groups in total. The largest absolute Gasteiger partial charge is 0.297 e. The van der Waals surface area contributed by atoms with Crippen molar-refractivity contribution in [3.05, 3.63) is 0 Å². The predicted molar refractivity (Wildman–Crippen MR) is 40.8 cm³/mol. The van der Waals surface area contributed by atoms with Crippen LogP contribution in [-0.4, -0.2) is 38.4 Å². The molecule has 1 aromatic rings. The third kappa shape index (κ3) is 1.28. The summed E-state index contributed by atoms with van der Waals surface area (Å²) in [6.45, 7) is 0.0600. The van der Waals surface area contributed by atoms with E-state index >= 15 is 0 Å². The van der Waals surface area contributed by atoms with Gasteiger partial charge in [-0.3, -0.25) is 14.5 Å². The molecule has 1 aliphatic heterocycles. The van der Waals surface area contributed by atoms with Gasteiger partial charge in [0.15, 0.2) is 5.78 Å². The van der Waals surface area contributed by atoms with E-state index in [0.717, 1.165) is 0 Å². The molecule has 0 spiro atoms. The number of hydrogen-bond donors (Lipinski definition) is 0. The Hall–Kier alpha value is -1.79. The Morgan fingerprint density at radius 3 is 2.62 bits per heavy atom. The topological polar surface area (TPSA) is 81.0 Å². The first-order valence-electron chi connectivity index (χ1n) is 3.73. The van der Waals surface area contributed by atoms with Crippen LogP contribution < -0.4 is 4.90 Å². The van der Waals surface area contributed by atoms with Gasteiger partial charge in [0.1, 0.15) is 0 Å². The van der Waals surface area contributed by atoms with Crippen molar-refractivity contribution in [2.24, 2.45) is 7.05 Å². The van der Waals surface area contributed by atoms with Gasteiger partial charge in [-0.25, -0.2) is 0 Å². The van der Waals surface area contributed by atoms with Crippen LogP contribution in [0.1, 0.15) is 6.42 Å². The fourth-order valence-electron chi connectivity index (χ4n) is 1.15. The van der Waals surface area contributed by atoms with Crippen LogP contribution in [0, 0.1) is 0 Å². The maximum atomic E-state index is 11.2. The second-order valence-electron chi connectivity index (χ2n) is 2.77. The first-order valence-corrected chi connectivity index (χ1v) is 3.73. The van der Waals surface area contributed by atoms with Gasteiger partial charge in [-0.15, -0.1) is 5.10 Å². The van der Waals surface area contributed by atoms with Crippen molar-refractivity contribution in [1.29, 1.82) is 0 Å².